The van der Waals surface area contributed by atoms with E-state index < -0.39 is 36.3 Å². The van der Waals surface area contributed by atoms with Gasteiger partial charge in [0.05, 0.1) is 26.9 Å². The highest BCUT2D eigenvalue weighted by Crippen LogP contribution is 2.42. The molecule has 3 rings (SSSR count). The van der Waals surface area contributed by atoms with E-state index in [-0.39, 0.29) is 18.6 Å². The standard InChI is InChI=1S/C23H30O9/c1-12(25)21-19(26)20(27)22(28)23(29,32-21)17-9-14(11-24)10-18(31-3)16(17)8-13-4-6-15(30-2)7-5-13/h4-7,9-10,12,19-22,24-29H,8,11H2,1-3H3/t12-,19-,20-,21+,22+,23+/m0/s1. The van der Waals surface area contributed by atoms with Gasteiger partial charge < -0.3 is 44.8 Å². The summed E-state index contributed by atoms with van der Waals surface area (Å²) < 4.78 is 16.3. The fraction of sp³-hybridized carbons (Fsp3) is 0.478. The van der Waals surface area contributed by atoms with Crippen molar-refractivity contribution in [1.29, 1.82) is 0 Å². The van der Waals surface area contributed by atoms with Crippen molar-refractivity contribution in [2.45, 2.75) is 56.3 Å². The van der Waals surface area contributed by atoms with E-state index in [0.717, 1.165) is 5.56 Å². The van der Waals surface area contributed by atoms with E-state index >= 15 is 0 Å². The first-order chi connectivity index (χ1) is 15.2. The maximum absolute atomic E-state index is 11.5. The summed E-state index contributed by atoms with van der Waals surface area (Å²) in [5.74, 6) is -1.51. The largest absolute Gasteiger partial charge is 0.497 e. The maximum atomic E-state index is 11.5. The van der Waals surface area contributed by atoms with Crippen molar-refractivity contribution in [3.05, 3.63) is 58.7 Å². The molecule has 0 aromatic heterocycles. The fourth-order valence-corrected chi connectivity index (χ4v) is 3.99. The van der Waals surface area contributed by atoms with E-state index in [0.29, 0.717) is 22.6 Å². The molecule has 9 nitrogen and oxygen atoms in total. The van der Waals surface area contributed by atoms with E-state index in [1.165, 1.54) is 20.1 Å². The zero-order chi connectivity index (χ0) is 23.6. The monoisotopic (exact) mass is 450 g/mol. The average Bonchev–Trinajstić information content (AvgIpc) is 2.80. The third-order valence-corrected chi connectivity index (χ3v) is 5.80. The number of aliphatic hydroxyl groups is 6. The molecule has 6 atom stereocenters. The number of hydrogen-bond donors (Lipinski definition) is 6. The van der Waals surface area contributed by atoms with Gasteiger partial charge in [-0.2, -0.15) is 0 Å². The smallest absolute Gasteiger partial charge is 0.222 e. The predicted molar refractivity (Wildman–Crippen MR) is 113 cm³/mol. The minimum atomic E-state index is -2.50. The van der Waals surface area contributed by atoms with Crippen molar-refractivity contribution in [3.8, 4) is 11.5 Å². The van der Waals surface area contributed by atoms with Crippen LogP contribution in [0.25, 0.3) is 0 Å². The quantitative estimate of drug-likeness (QED) is 0.337. The third kappa shape index (κ3) is 4.46. The topological polar surface area (TPSA) is 149 Å². The molecule has 1 aliphatic heterocycles. The van der Waals surface area contributed by atoms with Gasteiger partial charge in [0, 0.05) is 17.5 Å². The van der Waals surface area contributed by atoms with Crippen molar-refractivity contribution in [2.24, 2.45) is 0 Å². The Kier molecular flexibility index (Phi) is 7.41. The highest BCUT2D eigenvalue weighted by atomic mass is 16.7. The lowest BCUT2D eigenvalue weighted by Crippen LogP contribution is -2.65. The van der Waals surface area contributed by atoms with Crippen LogP contribution in [0, 0.1) is 0 Å². The normalized spacial score (nSPS) is 28.9. The van der Waals surface area contributed by atoms with Gasteiger partial charge in [0.15, 0.2) is 0 Å². The zero-order valence-electron chi connectivity index (χ0n) is 18.2. The van der Waals surface area contributed by atoms with E-state index in [9.17, 15) is 30.6 Å². The van der Waals surface area contributed by atoms with Crippen LogP contribution in [0.2, 0.25) is 0 Å². The van der Waals surface area contributed by atoms with Gasteiger partial charge in [-0.15, -0.1) is 0 Å². The number of hydrogen-bond acceptors (Lipinski definition) is 9. The van der Waals surface area contributed by atoms with Crippen LogP contribution in [0.1, 0.15) is 29.2 Å². The molecule has 0 bridgehead atoms. The Labute approximate surface area is 186 Å². The van der Waals surface area contributed by atoms with Gasteiger partial charge in [0.2, 0.25) is 5.79 Å². The molecule has 0 saturated carbocycles. The molecule has 2 aromatic carbocycles. The number of benzene rings is 2. The lowest BCUT2D eigenvalue weighted by atomic mass is 9.83. The number of aliphatic hydroxyl groups excluding tert-OH is 5. The number of ether oxygens (including phenoxy) is 3. The van der Waals surface area contributed by atoms with E-state index in [1.54, 1.807) is 25.3 Å². The second-order valence-electron chi connectivity index (χ2n) is 7.95. The van der Waals surface area contributed by atoms with Crippen molar-refractivity contribution >= 4 is 0 Å². The van der Waals surface area contributed by atoms with Gasteiger partial charge in [0.1, 0.15) is 35.9 Å². The Balaban J connectivity index is 2.16. The molecule has 1 fully saturated rings. The minimum absolute atomic E-state index is 0.0424. The first-order valence-electron chi connectivity index (χ1n) is 10.2. The Morgan fingerprint density at radius 2 is 1.66 bits per heavy atom. The van der Waals surface area contributed by atoms with Gasteiger partial charge in [-0.05, 0) is 42.3 Å². The van der Waals surface area contributed by atoms with Gasteiger partial charge in [0.25, 0.3) is 0 Å². The summed E-state index contributed by atoms with van der Waals surface area (Å²) in [6.45, 7) is 0.949. The number of rotatable bonds is 7. The van der Waals surface area contributed by atoms with Crippen LogP contribution in [0.15, 0.2) is 36.4 Å². The average molecular weight is 450 g/mol. The van der Waals surface area contributed by atoms with Crippen LogP contribution in [0.3, 0.4) is 0 Å². The van der Waals surface area contributed by atoms with Crippen LogP contribution in [0.5, 0.6) is 11.5 Å². The Morgan fingerprint density at radius 1 is 1.00 bits per heavy atom. The summed E-state index contributed by atoms with van der Waals surface area (Å²) in [6.07, 6.45) is -7.77. The summed E-state index contributed by atoms with van der Waals surface area (Å²) in [4.78, 5) is 0. The molecular weight excluding hydrogens is 420 g/mol. The van der Waals surface area contributed by atoms with Gasteiger partial charge >= 0.3 is 0 Å². The Morgan fingerprint density at radius 3 is 2.19 bits per heavy atom. The van der Waals surface area contributed by atoms with Crippen LogP contribution in [-0.2, 0) is 23.6 Å². The summed E-state index contributed by atoms with van der Waals surface area (Å²) >= 11 is 0. The van der Waals surface area contributed by atoms with Crippen LogP contribution < -0.4 is 9.47 Å². The van der Waals surface area contributed by atoms with Crippen molar-refractivity contribution in [2.75, 3.05) is 14.2 Å². The van der Waals surface area contributed by atoms with E-state index in [1.807, 2.05) is 12.1 Å². The highest BCUT2D eigenvalue weighted by Gasteiger charge is 2.55. The molecule has 2 aromatic rings. The molecule has 32 heavy (non-hydrogen) atoms. The summed E-state index contributed by atoms with van der Waals surface area (Å²) in [5.41, 5.74) is 1.67. The SMILES string of the molecule is COc1ccc(Cc2c(OC)cc(CO)cc2[C@@]2(O)O[C@H]([C@H](C)O)[C@@H](O)[C@H](O)[C@H]2O)cc1. The molecule has 6 N–H and O–H groups in total. The van der Waals surface area contributed by atoms with Crippen LogP contribution >= 0.6 is 0 Å². The summed E-state index contributed by atoms with van der Waals surface area (Å²) in [6, 6.07) is 10.2. The molecule has 0 unspecified atom stereocenters. The molecule has 1 aliphatic rings. The van der Waals surface area contributed by atoms with Crippen molar-refractivity contribution in [3.63, 3.8) is 0 Å². The summed E-state index contributed by atoms with van der Waals surface area (Å²) in [5, 5.41) is 62.6. The first-order valence-corrected chi connectivity index (χ1v) is 10.2. The summed E-state index contributed by atoms with van der Waals surface area (Å²) in [7, 11) is 2.98. The Bertz CT molecular complexity index is 914. The molecule has 0 radical (unpaired) electrons. The first kappa shape index (κ1) is 24.4. The third-order valence-electron chi connectivity index (χ3n) is 5.80. The predicted octanol–water partition coefficient (Wildman–Crippen LogP) is -0.206. The van der Waals surface area contributed by atoms with E-state index in [2.05, 4.69) is 0 Å². The zero-order valence-corrected chi connectivity index (χ0v) is 18.2. The molecular formula is C23H30O9. The van der Waals surface area contributed by atoms with Crippen molar-refractivity contribution < 1.29 is 44.8 Å². The Hall–Kier alpha value is -2.24. The van der Waals surface area contributed by atoms with Gasteiger partial charge in [-0.3, -0.25) is 0 Å². The molecule has 0 aliphatic carbocycles. The number of methoxy groups -OCH3 is 2. The lowest BCUT2D eigenvalue weighted by molar-refractivity contribution is -0.364. The molecule has 176 valence electrons. The van der Waals surface area contributed by atoms with Crippen LogP contribution in [-0.4, -0.2) is 75.4 Å². The highest BCUT2D eigenvalue weighted by molar-refractivity contribution is 5.49. The molecule has 0 spiro atoms. The molecule has 0 amide bonds. The lowest BCUT2D eigenvalue weighted by Gasteiger charge is -2.47. The van der Waals surface area contributed by atoms with Gasteiger partial charge in [-0.1, -0.05) is 12.1 Å². The second kappa shape index (κ2) is 9.72. The maximum Gasteiger partial charge on any atom is 0.222 e. The fourth-order valence-electron chi connectivity index (χ4n) is 3.99. The van der Waals surface area contributed by atoms with Gasteiger partial charge in [-0.25, -0.2) is 0 Å². The molecule has 9 heteroatoms. The second-order valence-corrected chi connectivity index (χ2v) is 7.95. The van der Waals surface area contributed by atoms with Crippen molar-refractivity contribution in [1.82, 2.24) is 0 Å². The van der Waals surface area contributed by atoms with E-state index in [4.69, 9.17) is 14.2 Å². The van der Waals surface area contributed by atoms with Crippen LogP contribution in [0.4, 0.5) is 0 Å². The molecule has 1 saturated heterocycles. The minimum Gasteiger partial charge on any atom is -0.497 e. The molecule has 1 heterocycles.